The van der Waals surface area contributed by atoms with E-state index >= 15 is 0 Å². The third-order valence-corrected chi connectivity index (χ3v) is 4.08. The molecule has 0 aliphatic carbocycles. The summed E-state index contributed by atoms with van der Waals surface area (Å²) in [6.45, 7) is 5.46. The Hall–Kier alpha value is -0.700. The molecule has 0 spiro atoms. The average molecular weight is 256 g/mol. The van der Waals surface area contributed by atoms with Crippen LogP contribution in [0.1, 0.15) is 43.9 Å². The highest BCUT2D eigenvalue weighted by Crippen LogP contribution is 2.31. The number of anilines is 1. The maximum absolute atomic E-state index is 6.08. The number of nitrogens with zero attached hydrogens (tertiary/aromatic N) is 3. The molecular weight excluding hydrogens is 234 g/mol. The third kappa shape index (κ3) is 2.30. The van der Waals surface area contributed by atoms with Gasteiger partial charge in [0, 0.05) is 25.2 Å². The maximum atomic E-state index is 6.08. The zero-order chi connectivity index (χ0) is 12.4. The van der Waals surface area contributed by atoms with Crippen molar-refractivity contribution in [3.63, 3.8) is 0 Å². The average Bonchev–Trinajstić information content (AvgIpc) is 2.63. The maximum Gasteiger partial charge on any atom is 0.131 e. The first-order valence-corrected chi connectivity index (χ1v) is 7.07. The quantitative estimate of drug-likeness (QED) is 0.774. The van der Waals surface area contributed by atoms with Crippen molar-refractivity contribution in [3.8, 4) is 0 Å². The van der Waals surface area contributed by atoms with Crippen molar-refractivity contribution in [2.24, 2.45) is 7.05 Å². The number of halogens is 1. The summed E-state index contributed by atoms with van der Waals surface area (Å²) in [6.07, 6.45) is 5.12. The lowest BCUT2D eigenvalue weighted by molar-refractivity contribution is 0.440. The fourth-order valence-corrected chi connectivity index (χ4v) is 3.22. The van der Waals surface area contributed by atoms with E-state index in [4.69, 9.17) is 11.6 Å². The van der Waals surface area contributed by atoms with Crippen LogP contribution in [0.2, 0.25) is 0 Å². The number of aryl methyl sites for hydroxylation is 2. The number of alkyl halides is 1. The van der Waals surface area contributed by atoms with E-state index in [1.807, 2.05) is 18.7 Å². The monoisotopic (exact) mass is 255 g/mol. The largest absolute Gasteiger partial charge is 0.354 e. The molecule has 0 N–H and O–H groups in total. The minimum Gasteiger partial charge on any atom is -0.354 e. The molecule has 1 fully saturated rings. The molecule has 4 heteroatoms. The normalized spacial score (nSPS) is 20.9. The molecule has 0 radical (unpaired) electrons. The van der Waals surface area contributed by atoms with Gasteiger partial charge in [-0.05, 0) is 32.6 Å². The van der Waals surface area contributed by atoms with Crippen LogP contribution in [0, 0.1) is 6.92 Å². The molecule has 0 bridgehead atoms. The molecule has 1 saturated heterocycles. The van der Waals surface area contributed by atoms with E-state index in [2.05, 4.69) is 16.9 Å². The number of piperidine rings is 1. The zero-order valence-electron chi connectivity index (χ0n) is 11.0. The van der Waals surface area contributed by atoms with E-state index in [0.717, 1.165) is 12.2 Å². The zero-order valence-corrected chi connectivity index (χ0v) is 11.8. The first-order valence-electron chi connectivity index (χ1n) is 6.54. The predicted octanol–water partition coefficient (Wildman–Crippen LogP) is 3.24. The summed E-state index contributed by atoms with van der Waals surface area (Å²) in [5.41, 5.74) is 2.27. The van der Waals surface area contributed by atoms with Crippen LogP contribution in [-0.2, 0) is 12.9 Å². The van der Waals surface area contributed by atoms with E-state index in [-0.39, 0.29) is 0 Å². The van der Waals surface area contributed by atoms with E-state index in [9.17, 15) is 0 Å². The van der Waals surface area contributed by atoms with Crippen molar-refractivity contribution in [3.05, 3.63) is 11.3 Å². The summed E-state index contributed by atoms with van der Waals surface area (Å²) in [7, 11) is 2.03. The highest BCUT2D eigenvalue weighted by atomic mass is 35.5. The highest BCUT2D eigenvalue weighted by molar-refractivity contribution is 6.17. The van der Waals surface area contributed by atoms with E-state index in [0.29, 0.717) is 11.9 Å². The molecular formula is C13H22ClN3. The van der Waals surface area contributed by atoms with Crippen molar-refractivity contribution >= 4 is 17.4 Å². The van der Waals surface area contributed by atoms with Gasteiger partial charge in [0.2, 0.25) is 0 Å². The number of hydrogen-bond donors (Lipinski definition) is 0. The van der Waals surface area contributed by atoms with E-state index in [1.54, 1.807) is 0 Å². The fraction of sp³-hybridized carbons (Fsp3) is 0.769. The smallest absolute Gasteiger partial charge is 0.131 e. The van der Waals surface area contributed by atoms with Crippen molar-refractivity contribution in [1.82, 2.24) is 9.78 Å². The van der Waals surface area contributed by atoms with Gasteiger partial charge in [0.15, 0.2) is 0 Å². The van der Waals surface area contributed by atoms with Crippen molar-refractivity contribution in [2.75, 3.05) is 11.4 Å². The minimum absolute atomic E-state index is 0.557. The van der Waals surface area contributed by atoms with Crippen molar-refractivity contribution in [2.45, 2.75) is 51.5 Å². The summed E-state index contributed by atoms with van der Waals surface area (Å²) >= 11 is 6.08. The van der Waals surface area contributed by atoms with Gasteiger partial charge in [-0.1, -0.05) is 6.92 Å². The lowest BCUT2D eigenvalue weighted by Crippen LogP contribution is -2.40. The van der Waals surface area contributed by atoms with Crippen LogP contribution < -0.4 is 4.90 Å². The molecule has 2 heterocycles. The summed E-state index contributed by atoms with van der Waals surface area (Å²) in [6, 6.07) is 0.653. The standard InChI is InChI=1S/C13H22ClN3/c1-4-11-7-5-6-8-17(11)13-12(9-14)10(2)15-16(13)3/h11H,4-9H2,1-3H3. The van der Waals surface area contributed by atoms with Gasteiger partial charge in [-0.15, -0.1) is 11.6 Å². The Morgan fingerprint density at radius 1 is 1.41 bits per heavy atom. The number of aromatic nitrogens is 2. The molecule has 1 aliphatic rings. The minimum atomic E-state index is 0.557. The van der Waals surface area contributed by atoms with Gasteiger partial charge in [-0.2, -0.15) is 5.10 Å². The van der Waals surface area contributed by atoms with Crippen LogP contribution in [0.25, 0.3) is 0 Å². The molecule has 3 nitrogen and oxygen atoms in total. The van der Waals surface area contributed by atoms with Crippen LogP contribution in [-0.4, -0.2) is 22.4 Å². The molecule has 1 aliphatic heterocycles. The van der Waals surface area contributed by atoms with Crippen LogP contribution in [0.4, 0.5) is 5.82 Å². The van der Waals surface area contributed by atoms with Crippen molar-refractivity contribution < 1.29 is 0 Å². The Kier molecular flexibility index (Phi) is 3.97. The molecule has 0 amide bonds. The second-order valence-corrected chi connectivity index (χ2v) is 5.16. The van der Waals surface area contributed by atoms with Crippen molar-refractivity contribution in [1.29, 1.82) is 0 Å². The fourth-order valence-electron chi connectivity index (χ4n) is 2.91. The molecule has 1 aromatic heterocycles. The highest BCUT2D eigenvalue weighted by Gasteiger charge is 2.26. The van der Waals surface area contributed by atoms with E-state index < -0.39 is 0 Å². The lowest BCUT2D eigenvalue weighted by Gasteiger charge is -2.37. The first kappa shape index (κ1) is 12.7. The topological polar surface area (TPSA) is 21.1 Å². The van der Waals surface area contributed by atoms with Crippen LogP contribution in [0.5, 0.6) is 0 Å². The second kappa shape index (κ2) is 5.30. The molecule has 1 unspecified atom stereocenters. The van der Waals surface area contributed by atoms with Crippen LogP contribution in [0.15, 0.2) is 0 Å². The van der Waals surface area contributed by atoms with Crippen LogP contribution >= 0.6 is 11.6 Å². The Morgan fingerprint density at radius 2 is 2.18 bits per heavy atom. The third-order valence-electron chi connectivity index (χ3n) is 3.82. The lowest BCUT2D eigenvalue weighted by atomic mass is 9.99. The Labute approximate surface area is 109 Å². The van der Waals surface area contributed by atoms with Gasteiger partial charge in [-0.25, -0.2) is 0 Å². The van der Waals surface area contributed by atoms with Gasteiger partial charge < -0.3 is 4.90 Å². The number of rotatable bonds is 3. The summed E-state index contributed by atoms with van der Waals surface area (Å²) in [5.74, 6) is 1.80. The molecule has 17 heavy (non-hydrogen) atoms. The molecule has 0 aromatic carbocycles. The summed E-state index contributed by atoms with van der Waals surface area (Å²) in [4.78, 5) is 2.52. The number of hydrogen-bond acceptors (Lipinski definition) is 2. The molecule has 96 valence electrons. The summed E-state index contributed by atoms with van der Waals surface area (Å²) in [5, 5.41) is 4.52. The second-order valence-electron chi connectivity index (χ2n) is 4.90. The Bertz CT molecular complexity index is 386. The van der Waals surface area contributed by atoms with E-state index in [1.165, 1.54) is 37.1 Å². The van der Waals surface area contributed by atoms with Gasteiger partial charge >= 0.3 is 0 Å². The SMILES string of the molecule is CCC1CCCCN1c1c(CCl)c(C)nn1C. The van der Waals surface area contributed by atoms with Crippen LogP contribution in [0.3, 0.4) is 0 Å². The van der Waals surface area contributed by atoms with Gasteiger partial charge in [0.05, 0.1) is 11.6 Å². The molecule has 1 atom stereocenters. The molecule has 2 rings (SSSR count). The molecule has 1 aromatic rings. The van der Waals surface area contributed by atoms with Gasteiger partial charge in [-0.3, -0.25) is 4.68 Å². The summed E-state index contributed by atoms with van der Waals surface area (Å²) < 4.78 is 2.00. The Balaban J connectivity index is 2.37. The van der Waals surface area contributed by atoms with Gasteiger partial charge in [0.25, 0.3) is 0 Å². The van der Waals surface area contributed by atoms with Gasteiger partial charge in [0.1, 0.15) is 5.82 Å². The Morgan fingerprint density at radius 3 is 2.82 bits per heavy atom. The molecule has 0 saturated carbocycles. The predicted molar refractivity (Wildman–Crippen MR) is 72.8 cm³/mol. The first-order chi connectivity index (χ1) is 8.19.